The molecule has 3 aromatic rings. The van der Waals surface area contributed by atoms with Crippen molar-refractivity contribution in [3.05, 3.63) is 23.1 Å². The number of aryl methyl sites for hydroxylation is 3. The normalized spacial score (nSPS) is 11.5. The highest BCUT2D eigenvalue weighted by atomic mass is 32.1. The fourth-order valence-electron chi connectivity index (χ4n) is 2.21. The van der Waals surface area contributed by atoms with Crippen LogP contribution >= 0.6 is 11.3 Å². The molecule has 0 saturated carbocycles. The Hall–Kier alpha value is -1.82. The summed E-state index contributed by atoms with van der Waals surface area (Å²) in [6, 6.07) is 0. The van der Waals surface area contributed by atoms with Crippen molar-refractivity contribution in [3.8, 4) is 11.4 Å². The zero-order valence-corrected chi connectivity index (χ0v) is 10.7. The molecule has 3 aromatic heterocycles. The van der Waals surface area contributed by atoms with Crippen LogP contribution in [0.1, 0.15) is 10.7 Å². The molecule has 0 radical (unpaired) electrons. The Morgan fingerprint density at radius 1 is 1.35 bits per heavy atom. The molecule has 0 aliphatic rings. The summed E-state index contributed by atoms with van der Waals surface area (Å²) in [5.41, 5.74) is 9.02. The van der Waals surface area contributed by atoms with Gasteiger partial charge in [-0.25, -0.2) is 9.97 Å². The summed E-state index contributed by atoms with van der Waals surface area (Å²) in [6.45, 7) is 4.02. The number of nitrogens with two attached hydrogens (primary N) is 1. The van der Waals surface area contributed by atoms with E-state index >= 15 is 0 Å². The molecule has 0 amide bonds. The van der Waals surface area contributed by atoms with Crippen LogP contribution in [-0.2, 0) is 7.05 Å². The van der Waals surface area contributed by atoms with Gasteiger partial charge in [-0.15, -0.1) is 11.3 Å². The Morgan fingerprint density at radius 3 is 2.71 bits per heavy atom. The van der Waals surface area contributed by atoms with Gasteiger partial charge in [-0.2, -0.15) is 0 Å². The average molecular weight is 247 g/mol. The van der Waals surface area contributed by atoms with E-state index in [0.717, 1.165) is 32.9 Å². The lowest BCUT2D eigenvalue weighted by Gasteiger charge is -2.01. The molecule has 0 aliphatic heterocycles. The lowest BCUT2D eigenvalue weighted by molar-refractivity contribution is 0.940. The number of imidazole rings is 2. The highest BCUT2D eigenvalue weighted by Crippen LogP contribution is 2.33. The van der Waals surface area contributed by atoms with Crippen LogP contribution < -0.4 is 5.73 Å². The Morgan fingerprint density at radius 2 is 2.12 bits per heavy atom. The third kappa shape index (κ3) is 1.30. The first-order valence-electron chi connectivity index (χ1n) is 5.31. The fourth-order valence-corrected chi connectivity index (χ4v) is 2.90. The lowest BCUT2D eigenvalue weighted by Crippen LogP contribution is -1.96. The second kappa shape index (κ2) is 3.33. The molecular formula is C11H13N5S. The number of anilines is 1. The van der Waals surface area contributed by atoms with Gasteiger partial charge in [0.15, 0.2) is 0 Å². The SMILES string of the molecule is Cc1nc(-c2c(C)n3ccnc3n2C)c(N)s1. The summed E-state index contributed by atoms with van der Waals surface area (Å²) >= 11 is 1.52. The van der Waals surface area contributed by atoms with Crippen LogP contribution in [0.5, 0.6) is 0 Å². The first kappa shape index (κ1) is 10.3. The first-order valence-corrected chi connectivity index (χ1v) is 6.13. The number of nitrogen functional groups attached to an aromatic ring is 1. The molecule has 0 atom stereocenters. The first-order chi connectivity index (χ1) is 8.09. The van der Waals surface area contributed by atoms with E-state index in [4.69, 9.17) is 5.73 Å². The van der Waals surface area contributed by atoms with E-state index in [1.807, 2.05) is 29.1 Å². The molecule has 0 aliphatic carbocycles. The van der Waals surface area contributed by atoms with Crippen molar-refractivity contribution in [2.45, 2.75) is 13.8 Å². The molecule has 17 heavy (non-hydrogen) atoms. The molecule has 5 nitrogen and oxygen atoms in total. The minimum Gasteiger partial charge on any atom is -0.389 e. The van der Waals surface area contributed by atoms with Crippen LogP contribution in [0.4, 0.5) is 5.00 Å². The van der Waals surface area contributed by atoms with Crippen molar-refractivity contribution >= 4 is 22.1 Å². The highest BCUT2D eigenvalue weighted by molar-refractivity contribution is 7.16. The van der Waals surface area contributed by atoms with Crippen molar-refractivity contribution in [1.29, 1.82) is 0 Å². The van der Waals surface area contributed by atoms with Gasteiger partial charge in [-0.3, -0.25) is 4.40 Å². The number of aromatic nitrogens is 4. The van der Waals surface area contributed by atoms with Crippen LogP contribution in [0.25, 0.3) is 17.2 Å². The van der Waals surface area contributed by atoms with E-state index in [0.29, 0.717) is 0 Å². The summed E-state index contributed by atoms with van der Waals surface area (Å²) < 4.78 is 4.07. The van der Waals surface area contributed by atoms with Crippen molar-refractivity contribution < 1.29 is 0 Å². The van der Waals surface area contributed by atoms with Gasteiger partial charge < -0.3 is 10.3 Å². The predicted molar refractivity (Wildman–Crippen MR) is 69.2 cm³/mol. The molecule has 0 spiro atoms. The zero-order valence-electron chi connectivity index (χ0n) is 9.93. The molecule has 6 heteroatoms. The van der Waals surface area contributed by atoms with Gasteiger partial charge in [0.1, 0.15) is 10.7 Å². The number of rotatable bonds is 1. The highest BCUT2D eigenvalue weighted by Gasteiger charge is 2.18. The van der Waals surface area contributed by atoms with E-state index in [9.17, 15) is 0 Å². The minimum atomic E-state index is 0.759. The largest absolute Gasteiger partial charge is 0.389 e. The molecule has 0 bridgehead atoms. The number of thiazole rings is 1. The topological polar surface area (TPSA) is 61.1 Å². The zero-order chi connectivity index (χ0) is 12.2. The maximum Gasteiger partial charge on any atom is 0.214 e. The van der Waals surface area contributed by atoms with Crippen molar-refractivity contribution in [3.63, 3.8) is 0 Å². The smallest absolute Gasteiger partial charge is 0.214 e. The van der Waals surface area contributed by atoms with Gasteiger partial charge in [0.2, 0.25) is 5.78 Å². The quantitative estimate of drug-likeness (QED) is 0.715. The Labute approximate surface area is 103 Å². The van der Waals surface area contributed by atoms with E-state index < -0.39 is 0 Å². The van der Waals surface area contributed by atoms with Gasteiger partial charge in [-0.05, 0) is 13.8 Å². The van der Waals surface area contributed by atoms with E-state index in [2.05, 4.69) is 16.9 Å². The lowest BCUT2D eigenvalue weighted by atomic mass is 10.2. The molecule has 3 heterocycles. The van der Waals surface area contributed by atoms with Crippen LogP contribution in [0.3, 0.4) is 0 Å². The third-order valence-electron chi connectivity index (χ3n) is 2.95. The summed E-state index contributed by atoms with van der Waals surface area (Å²) in [6.07, 6.45) is 3.74. The summed E-state index contributed by atoms with van der Waals surface area (Å²) in [7, 11) is 1.98. The summed E-state index contributed by atoms with van der Waals surface area (Å²) in [5.74, 6) is 0.905. The van der Waals surface area contributed by atoms with E-state index in [1.54, 1.807) is 6.20 Å². The van der Waals surface area contributed by atoms with E-state index in [-0.39, 0.29) is 0 Å². The molecular weight excluding hydrogens is 234 g/mol. The molecule has 0 unspecified atom stereocenters. The van der Waals surface area contributed by atoms with Gasteiger partial charge in [0.05, 0.1) is 10.7 Å². The number of fused-ring (bicyclic) bond motifs is 1. The minimum absolute atomic E-state index is 0.759. The van der Waals surface area contributed by atoms with Crippen LogP contribution in [-0.4, -0.2) is 18.9 Å². The second-order valence-electron chi connectivity index (χ2n) is 4.04. The number of hydrogen-bond donors (Lipinski definition) is 1. The Kier molecular flexibility index (Phi) is 2.03. The van der Waals surface area contributed by atoms with Crippen LogP contribution in [0, 0.1) is 13.8 Å². The Bertz CT molecular complexity index is 668. The van der Waals surface area contributed by atoms with Gasteiger partial charge in [0.25, 0.3) is 0 Å². The standard InChI is InChI=1S/C11H13N5S/c1-6-9(8-10(12)17-7(2)14-8)15(3)11-13-4-5-16(6)11/h4-5H,12H2,1-3H3. The molecule has 88 valence electrons. The second-order valence-corrected chi connectivity index (χ2v) is 5.27. The maximum atomic E-state index is 6.01. The van der Waals surface area contributed by atoms with Crippen LogP contribution in [0.2, 0.25) is 0 Å². The number of hydrogen-bond acceptors (Lipinski definition) is 4. The summed E-state index contributed by atoms with van der Waals surface area (Å²) in [5, 5.41) is 1.74. The third-order valence-corrected chi connectivity index (χ3v) is 3.75. The van der Waals surface area contributed by atoms with E-state index in [1.165, 1.54) is 11.3 Å². The molecule has 0 aromatic carbocycles. The maximum absolute atomic E-state index is 6.01. The monoisotopic (exact) mass is 247 g/mol. The summed E-state index contributed by atoms with van der Waals surface area (Å²) in [4.78, 5) is 8.83. The van der Waals surface area contributed by atoms with Gasteiger partial charge in [-0.1, -0.05) is 0 Å². The molecule has 0 saturated heterocycles. The van der Waals surface area contributed by atoms with Gasteiger partial charge >= 0.3 is 0 Å². The fraction of sp³-hybridized carbons (Fsp3) is 0.273. The predicted octanol–water partition coefficient (Wildman–Crippen LogP) is 2.00. The molecule has 3 rings (SSSR count). The number of nitrogens with zero attached hydrogens (tertiary/aromatic N) is 4. The van der Waals surface area contributed by atoms with Crippen LogP contribution in [0.15, 0.2) is 12.4 Å². The Balaban J connectivity index is 2.37. The van der Waals surface area contributed by atoms with Gasteiger partial charge in [0, 0.05) is 25.1 Å². The van der Waals surface area contributed by atoms with Crippen molar-refractivity contribution in [2.24, 2.45) is 7.05 Å². The van der Waals surface area contributed by atoms with Crippen molar-refractivity contribution in [1.82, 2.24) is 18.9 Å². The molecule has 2 N–H and O–H groups in total. The molecule has 0 fully saturated rings. The van der Waals surface area contributed by atoms with Crippen molar-refractivity contribution in [2.75, 3.05) is 5.73 Å². The average Bonchev–Trinajstić information content (AvgIpc) is 2.90.